The molecule has 10 nitrogen and oxygen atoms in total. The van der Waals surface area contributed by atoms with Crippen molar-refractivity contribution in [2.45, 2.75) is 25.9 Å². The molecule has 0 saturated carbocycles. The molecule has 1 amide bonds. The summed E-state index contributed by atoms with van der Waals surface area (Å²) in [6.45, 7) is 2.30. The summed E-state index contributed by atoms with van der Waals surface area (Å²) >= 11 is 6.74. The molecule has 5 rings (SSSR count). The van der Waals surface area contributed by atoms with Gasteiger partial charge >= 0.3 is 6.36 Å². The Morgan fingerprint density at radius 3 is 2.55 bits per heavy atom. The van der Waals surface area contributed by atoms with Crippen molar-refractivity contribution in [1.82, 2.24) is 25.6 Å². The van der Waals surface area contributed by atoms with Gasteiger partial charge in [-0.2, -0.15) is 4.99 Å². The number of halogens is 3. The van der Waals surface area contributed by atoms with E-state index in [2.05, 4.69) is 30.7 Å². The van der Waals surface area contributed by atoms with Gasteiger partial charge in [0.15, 0.2) is 11.0 Å². The van der Waals surface area contributed by atoms with Crippen LogP contribution in [0.4, 0.5) is 18.9 Å². The van der Waals surface area contributed by atoms with Gasteiger partial charge in [-0.3, -0.25) is 15.1 Å². The van der Waals surface area contributed by atoms with E-state index < -0.39 is 6.36 Å². The minimum atomic E-state index is -4.76. The van der Waals surface area contributed by atoms with E-state index in [1.165, 1.54) is 47.0 Å². The molecular formula is C29H26F3N7O3S2. The number of aromatic nitrogens is 3. The average Bonchev–Trinajstić information content (AvgIpc) is 3.63. The van der Waals surface area contributed by atoms with Crippen molar-refractivity contribution >= 4 is 45.9 Å². The van der Waals surface area contributed by atoms with Crippen LogP contribution >= 0.6 is 24.0 Å². The Morgan fingerprint density at radius 1 is 1.11 bits per heavy atom. The zero-order valence-electron chi connectivity index (χ0n) is 23.4. The van der Waals surface area contributed by atoms with Crippen molar-refractivity contribution < 1.29 is 27.4 Å². The Labute approximate surface area is 260 Å². The second-order valence-electron chi connectivity index (χ2n) is 9.45. The van der Waals surface area contributed by atoms with Crippen LogP contribution in [0.3, 0.4) is 0 Å². The van der Waals surface area contributed by atoms with Crippen molar-refractivity contribution in [2.24, 2.45) is 4.99 Å². The number of nitrogens with one attached hydrogen (secondary N) is 2. The molecule has 228 valence electrons. The molecule has 1 fully saturated rings. The Kier molecular flexibility index (Phi) is 9.58. The predicted molar refractivity (Wildman–Crippen MR) is 165 cm³/mol. The average molecular weight is 642 g/mol. The largest absolute Gasteiger partial charge is 0.573 e. The predicted octanol–water partition coefficient (Wildman–Crippen LogP) is 5.56. The number of ether oxygens (including phenoxy) is 2. The molecule has 1 saturated heterocycles. The number of rotatable bonds is 9. The molecule has 1 aliphatic heterocycles. The van der Waals surface area contributed by atoms with Crippen LogP contribution in [0.2, 0.25) is 0 Å². The highest BCUT2D eigenvalue weighted by Gasteiger charge is 2.32. The number of hydrogen-bond donors (Lipinski definition) is 2. The number of para-hydroxylation sites is 1. The summed E-state index contributed by atoms with van der Waals surface area (Å²) in [6, 6.07) is 20.2. The smallest absolute Gasteiger partial charge is 0.406 e. The number of nitrogens with zero attached hydrogens (tertiary/aromatic N) is 5. The van der Waals surface area contributed by atoms with Crippen LogP contribution in [0.1, 0.15) is 24.1 Å². The number of amidine groups is 1. The van der Waals surface area contributed by atoms with Crippen LogP contribution in [0.15, 0.2) is 84.1 Å². The molecule has 0 bridgehead atoms. The number of thioether (sulfide) groups is 1. The summed E-state index contributed by atoms with van der Waals surface area (Å²) in [5, 5.41) is 5.09. The number of benzene rings is 3. The van der Waals surface area contributed by atoms with Crippen LogP contribution < -0.4 is 20.5 Å². The molecule has 1 aliphatic rings. The maximum atomic E-state index is 12.7. The monoisotopic (exact) mass is 641 g/mol. The summed E-state index contributed by atoms with van der Waals surface area (Å²) in [6.07, 6.45) is -3.28. The second-order valence-corrected chi connectivity index (χ2v) is 10.8. The van der Waals surface area contributed by atoms with Gasteiger partial charge in [-0.05, 0) is 55.0 Å². The third-order valence-corrected chi connectivity index (χ3v) is 7.50. The van der Waals surface area contributed by atoms with Gasteiger partial charge in [0.1, 0.15) is 12.1 Å². The Hall–Kier alpha value is -4.31. The van der Waals surface area contributed by atoms with Gasteiger partial charge < -0.3 is 9.47 Å². The molecule has 1 atom stereocenters. The number of hydrogen-bond acceptors (Lipinski definition) is 8. The summed E-state index contributed by atoms with van der Waals surface area (Å²) in [5.41, 5.74) is 9.86. The molecule has 0 aliphatic carbocycles. The molecular weight excluding hydrogens is 615 g/mol. The lowest BCUT2D eigenvalue weighted by Crippen LogP contribution is -2.38. The van der Waals surface area contributed by atoms with Crippen LogP contribution in [-0.4, -0.2) is 50.2 Å². The molecule has 1 unspecified atom stereocenters. The lowest BCUT2D eigenvalue weighted by atomic mass is 10.1. The summed E-state index contributed by atoms with van der Waals surface area (Å²) in [5.74, 6) is 0.299. The SMILES string of the molecule is COCc1ccccc1N1C(=O)CS/C1=N\C(=S)NNC(C)c1ccc(-c2ncn(-c3ccc(OC(F)(F)F)cc3)n2)cc1. The first-order valence-corrected chi connectivity index (χ1v) is 14.6. The van der Waals surface area contributed by atoms with E-state index in [1.807, 2.05) is 55.5 Å². The standard InChI is InChI=1S/C29H26F3N7O3S2/c1-18(35-36-27(43)34-28-39(25(40)16-44-28)24-6-4-3-5-21(24)15-41-2)19-7-9-20(10-8-19)26-33-17-38(37-26)22-11-13-23(14-12-22)42-29(30,31)32/h3-14,17-18,35H,15-16H2,1-2H3,(H,36,43)/b34-28-. The van der Waals surface area contributed by atoms with E-state index in [4.69, 9.17) is 17.0 Å². The van der Waals surface area contributed by atoms with Gasteiger partial charge in [-0.1, -0.05) is 54.2 Å². The molecule has 4 aromatic rings. The van der Waals surface area contributed by atoms with Crippen molar-refractivity contribution in [3.63, 3.8) is 0 Å². The second kappa shape index (κ2) is 13.5. The molecule has 15 heteroatoms. The van der Waals surface area contributed by atoms with Gasteiger partial charge in [0.05, 0.1) is 23.7 Å². The fourth-order valence-electron chi connectivity index (χ4n) is 4.30. The number of anilines is 1. The summed E-state index contributed by atoms with van der Waals surface area (Å²) in [7, 11) is 1.60. The number of hydrazine groups is 1. The molecule has 44 heavy (non-hydrogen) atoms. The number of methoxy groups -OCH3 is 1. The van der Waals surface area contributed by atoms with Gasteiger partial charge in [-0.15, -0.1) is 18.3 Å². The number of aliphatic imine (C=N–C) groups is 1. The van der Waals surface area contributed by atoms with E-state index in [0.717, 1.165) is 16.7 Å². The van der Waals surface area contributed by atoms with E-state index >= 15 is 0 Å². The Morgan fingerprint density at radius 2 is 1.84 bits per heavy atom. The third kappa shape index (κ3) is 7.60. The number of amides is 1. The first kappa shape index (κ1) is 31.1. The molecule has 2 N–H and O–H groups in total. The van der Waals surface area contributed by atoms with E-state index in [-0.39, 0.29) is 28.6 Å². The molecule has 0 radical (unpaired) electrons. The highest BCUT2D eigenvalue weighted by molar-refractivity contribution is 8.15. The van der Waals surface area contributed by atoms with Crippen LogP contribution in [-0.2, 0) is 16.1 Å². The molecule has 2 heterocycles. The van der Waals surface area contributed by atoms with Crippen LogP contribution in [0, 0.1) is 0 Å². The molecule has 0 spiro atoms. The number of thiocarbonyl (C=S) groups is 1. The van der Waals surface area contributed by atoms with Crippen molar-refractivity contribution in [2.75, 3.05) is 17.8 Å². The fourth-order valence-corrected chi connectivity index (χ4v) is 5.37. The number of carbonyl (C=O) groups excluding carboxylic acids is 1. The minimum Gasteiger partial charge on any atom is -0.406 e. The number of alkyl halides is 3. The van der Waals surface area contributed by atoms with Gasteiger partial charge in [0.2, 0.25) is 11.0 Å². The molecule has 1 aromatic heterocycles. The fraction of sp³-hybridized carbons (Fsp3) is 0.207. The summed E-state index contributed by atoms with van der Waals surface area (Å²) < 4.78 is 47.9. The van der Waals surface area contributed by atoms with Crippen LogP contribution in [0.25, 0.3) is 17.1 Å². The lowest BCUT2D eigenvalue weighted by Gasteiger charge is -2.20. The van der Waals surface area contributed by atoms with Crippen molar-refractivity contribution in [3.8, 4) is 22.8 Å². The maximum Gasteiger partial charge on any atom is 0.573 e. The van der Waals surface area contributed by atoms with Gasteiger partial charge in [-0.25, -0.2) is 15.1 Å². The minimum absolute atomic E-state index is 0.0886. The topological polar surface area (TPSA) is 106 Å². The molecule has 3 aromatic carbocycles. The number of carbonyl (C=O) groups is 1. The van der Waals surface area contributed by atoms with E-state index in [1.54, 1.807) is 12.0 Å². The van der Waals surface area contributed by atoms with Gasteiger partial charge in [0.25, 0.3) is 0 Å². The lowest BCUT2D eigenvalue weighted by molar-refractivity contribution is -0.274. The zero-order valence-corrected chi connectivity index (χ0v) is 25.0. The van der Waals surface area contributed by atoms with Crippen molar-refractivity contribution in [3.05, 3.63) is 90.3 Å². The maximum absolute atomic E-state index is 12.7. The first-order chi connectivity index (χ1) is 21.1. The normalized spacial score (nSPS) is 15.1. The Bertz CT molecular complexity index is 1660. The third-order valence-electron chi connectivity index (χ3n) is 6.39. The quantitative estimate of drug-likeness (QED) is 0.180. The van der Waals surface area contributed by atoms with E-state index in [9.17, 15) is 18.0 Å². The van der Waals surface area contributed by atoms with Crippen molar-refractivity contribution in [1.29, 1.82) is 0 Å². The highest BCUT2D eigenvalue weighted by atomic mass is 32.2. The van der Waals surface area contributed by atoms with Crippen LogP contribution in [0.5, 0.6) is 5.75 Å². The Balaban J connectivity index is 1.19. The zero-order chi connectivity index (χ0) is 31.3. The first-order valence-electron chi connectivity index (χ1n) is 13.2. The highest BCUT2D eigenvalue weighted by Crippen LogP contribution is 2.30. The summed E-state index contributed by atoms with van der Waals surface area (Å²) in [4.78, 5) is 23.0. The van der Waals surface area contributed by atoms with Gasteiger partial charge in [0, 0.05) is 24.3 Å². The van der Waals surface area contributed by atoms with E-state index in [0.29, 0.717) is 29.0 Å².